The number of amides is 1. The minimum atomic E-state index is -0.0602. The van der Waals surface area contributed by atoms with Crippen molar-refractivity contribution in [1.82, 2.24) is 4.98 Å². The van der Waals surface area contributed by atoms with Crippen molar-refractivity contribution in [3.63, 3.8) is 0 Å². The molecule has 1 N–H and O–H groups in total. The van der Waals surface area contributed by atoms with E-state index in [4.69, 9.17) is 0 Å². The Labute approximate surface area is 149 Å². The summed E-state index contributed by atoms with van der Waals surface area (Å²) in [7, 11) is 0. The van der Waals surface area contributed by atoms with Crippen LogP contribution in [0.1, 0.15) is 41.8 Å². The van der Waals surface area contributed by atoms with Crippen LogP contribution in [0.15, 0.2) is 54.7 Å². The van der Waals surface area contributed by atoms with Crippen molar-refractivity contribution in [2.45, 2.75) is 33.6 Å². The quantitative estimate of drug-likeness (QED) is 0.681. The van der Waals surface area contributed by atoms with Crippen LogP contribution in [0.5, 0.6) is 0 Å². The van der Waals surface area contributed by atoms with Crippen LogP contribution in [-0.4, -0.2) is 10.9 Å². The molecule has 0 fully saturated rings. The highest BCUT2D eigenvalue weighted by Gasteiger charge is 2.16. The van der Waals surface area contributed by atoms with Gasteiger partial charge in [-0.3, -0.25) is 9.78 Å². The number of rotatable bonds is 5. The average Bonchev–Trinajstić information content (AvgIpc) is 2.60. The Morgan fingerprint density at radius 3 is 2.64 bits per heavy atom. The smallest absolute Gasteiger partial charge is 0.256 e. The first-order valence-corrected chi connectivity index (χ1v) is 8.80. The lowest BCUT2D eigenvalue weighted by molar-refractivity contribution is 0.102. The van der Waals surface area contributed by atoms with E-state index >= 15 is 0 Å². The number of aryl methyl sites for hydroxylation is 2. The van der Waals surface area contributed by atoms with Crippen molar-refractivity contribution in [1.29, 1.82) is 0 Å². The third-order valence-corrected chi connectivity index (χ3v) is 4.46. The van der Waals surface area contributed by atoms with Gasteiger partial charge in [0, 0.05) is 17.1 Å². The third kappa shape index (κ3) is 3.87. The lowest BCUT2D eigenvalue weighted by atomic mass is 9.95. The van der Waals surface area contributed by atoms with Crippen molar-refractivity contribution in [2.75, 3.05) is 5.32 Å². The van der Waals surface area contributed by atoms with Gasteiger partial charge in [-0.1, -0.05) is 50.2 Å². The van der Waals surface area contributed by atoms with E-state index in [1.165, 1.54) is 0 Å². The predicted octanol–water partition coefficient (Wildman–Crippen LogP) is 5.38. The number of benzene rings is 2. The maximum Gasteiger partial charge on any atom is 0.256 e. The minimum Gasteiger partial charge on any atom is -0.320 e. The summed E-state index contributed by atoms with van der Waals surface area (Å²) < 4.78 is 0. The molecule has 0 spiro atoms. The Balaban J connectivity index is 1.93. The summed E-state index contributed by atoms with van der Waals surface area (Å²) in [6, 6.07) is 15.8. The number of nitrogens with one attached hydrogen (secondary N) is 1. The van der Waals surface area contributed by atoms with Gasteiger partial charge in [-0.05, 0) is 48.9 Å². The molecule has 0 bridgehead atoms. The lowest BCUT2D eigenvalue weighted by Crippen LogP contribution is -2.16. The molecule has 128 valence electrons. The fourth-order valence-electron chi connectivity index (χ4n) is 3.10. The zero-order valence-corrected chi connectivity index (χ0v) is 15.0. The topological polar surface area (TPSA) is 42.0 Å². The molecule has 3 nitrogen and oxygen atoms in total. The summed E-state index contributed by atoms with van der Waals surface area (Å²) in [6.07, 6.45) is 3.73. The number of aromatic nitrogens is 1. The van der Waals surface area contributed by atoms with Crippen LogP contribution < -0.4 is 5.32 Å². The van der Waals surface area contributed by atoms with E-state index in [2.05, 4.69) is 30.2 Å². The molecule has 25 heavy (non-hydrogen) atoms. The molecule has 2 aromatic carbocycles. The van der Waals surface area contributed by atoms with E-state index < -0.39 is 0 Å². The SMILES string of the molecule is Cc1cccc(CCC(C)C)c1C(=O)Nc1cccc2cccnc12. The first-order chi connectivity index (χ1) is 12.1. The molecule has 0 aliphatic rings. The molecular formula is C22H24N2O. The van der Waals surface area contributed by atoms with Gasteiger partial charge in [0.1, 0.15) is 0 Å². The normalized spacial score (nSPS) is 11.0. The van der Waals surface area contributed by atoms with Gasteiger partial charge in [-0.15, -0.1) is 0 Å². The number of anilines is 1. The second-order valence-corrected chi connectivity index (χ2v) is 6.88. The zero-order valence-electron chi connectivity index (χ0n) is 15.0. The monoisotopic (exact) mass is 332 g/mol. The molecular weight excluding hydrogens is 308 g/mol. The van der Waals surface area contributed by atoms with Gasteiger partial charge < -0.3 is 5.32 Å². The first-order valence-electron chi connectivity index (χ1n) is 8.80. The number of carbonyl (C=O) groups excluding carboxylic acids is 1. The first kappa shape index (κ1) is 17.2. The molecule has 1 aromatic heterocycles. The molecule has 0 atom stereocenters. The van der Waals surface area contributed by atoms with Gasteiger partial charge in [0.25, 0.3) is 5.91 Å². The largest absolute Gasteiger partial charge is 0.320 e. The number of nitrogens with zero attached hydrogens (tertiary/aromatic N) is 1. The Morgan fingerprint density at radius 2 is 1.84 bits per heavy atom. The Bertz CT molecular complexity index is 894. The molecule has 1 heterocycles. The average molecular weight is 332 g/mol. The van der Waals surface area contributed by atoms with Crippen molar-refractivity contribution in [3.8, 4) is 0 Å². The zero-order chi connectivity index (χ0) is 17.8. The fraction of sp³-hybridized carbons (Fsp3) is 0.273. The van der Waals surface area contributed by atoms with Crippen molar-refractivity contribution < 1.29 is 4.79 Å². The van der Waals surface area contributed by atoms with E-state index in [1.54, 1.807) is 6.20 Å². The molecule has 0 unspecified atom stereocenters. The van der Waals surface area contributed by atoms with Crippen molar-refractivity contribution >= 4 is 22.5 Å². The van der Waals surface area contributed by atoms with E-state index in [0.717, 1.165) is 46.1 Å². The number of hydrogen-bond acceptors (Lipinski definition) is 2. The molecule has 0 saturated heterocycles. The summed E-state index contributed by atoms with van der Waals surface area (Å²) in [5.41, 5.74) is 4.47. The molecule has 3 rings (SSSR count). The maximum atomic E-state index is 13.0. The van der Waals surface area contributed by atoms with Gasteiger partial charge in [0.2, 0.25) is 0 Å². The second-order valence-electron chi connectivity index (χ2n) is 6.88. The lowest BCUT2D eigenvalue weighted by Gasteiger charge is -2.14. The fourth-order valence-corrected chi connectivity index (χ4v) is 3.10. The molecule has 0 aliphatic heterocycles. The molecule has 0 saturated carbocycles. The van der Waals surface area contributed by atoms with E-state index in [-0.39, 0.29) is 5.91 Å². The third-order valence-electron chi connectivity index (χ3n) is 4.46. The van der Waals surface area contributed by atoms with E-state index in [0.29, 0.717) is 5.92 Å². The van der Waals surface area contributed by atoms with Crippen molar-refractivity contribution in [2.24, 2.45) is 5.92 Å². The molecule has 0 radical (unpaired) electrons. The van der Waals surface area contributed by atoms with Crippen LogP contribution >= 0.6 is 0 Å². The van der Waals surface area contributed by atoms with Crippen LogP contribution in [0.4, 0.5) is 5.69 Å². The number of carbonyl (C=O) groups is 1. The number of hydrogen-bond donors (Lipinski definition) is 1. The molecule has 3 aromatic rings. The standard InChI is InChI=1S/C22H24N2O/c1-15(2)12-13-17-8-4-7-16(3)20(17)22(25)24-19-11-5-9-18-10-6-14-23-21(18)19/h4-11,14-15H,12-13H2,1-3H3,(H,24,25). The highest BCUT2D eigenvalue weighted by molar-refractivity contribution is 6.09. The van der Waals surface area contributed by atoms with Gasteiger partial charge in [0.15, 0.2) is 0 Å². The minimum absolute atomic E-state index is 0.0602. The summed E-state index contributed by atoms with van der Waals surface area (Å²) in [5, 5.41) is 4.09. The maximum absolute atomic E-state index is 13.0. The molecule has 3 heteroatoms. The summed E-state index contributed by atoms with van der Waals surface area (Å²) >= 11 is 0. The van der Waals surface area contributed by atoms with Crippen LogP contribution in [0.25, 0.3) is 10.9 Å². The van der Waals surface area contributed by atoms with Crippen LogP contribution in [0.3, 0.4) is 0 Å². The van der Waals surface area contributed by atoms with Crippen LogP contribution in [-0.2, 0) is 6.42 Å². The van der Waals surface area contributed by atoms with Gasteiger partial charge in [-0.2, -0.15) is 0 Å². The van der Waals surface area contributed by atoms with Crippen LogP contribution in [0, 0.1) is 12.8 Å². The highest BCUT2D eigenvalue weighted by atomic mass is 16.1. The summed E-state index contributed by atoms with van der Waals surface area (Å²) in [5.74, 6) is 0.550. The van der Waals surface area contributed by atoms with Crippen molar-refractivity contribution in [3.05, 3.63) is 71.4 Å². The Hall–Kier alpha value is -2.68. The predicted molar refractivity (Wildman–Crippen MR) is 104 cm³/mol. The summed E-state index contributed by atoms with van der Waals surface area (Å²) in [4.78, 5) is 17.4. The van der Waals surface area contributed by atoms with Crippen LogP contribution in [0.2, 0.25) is 0 Å². The Kier molecular flexibility index (Phi) is 5.13. The number of para-hydroxylation sites is 1. The second kappa shape index (κ2) is 7.47. The van der Waals surface area contributed by atoms with Gasteiger partial charge in [0.05, 0.1) is 11.2 Å². The Morgan fingerprint density at radius 1 is 1.08 bits per heavy atom. The highest BCUT2D eigenvalue weighted by Crippen LogP contribution is 2.24. The van der Waals surface area contributed by atoms with Gasteiger partial charge in [-0.25, -0.2) is 0 Å². The number of fused-ring (bicyclic) bond motifs is 1. The van der Waals surface area contributed by atoms with E-state index in [9.17, 15) is 4.79 Å². The van der Waals surface area contributed by atoms with Gasteiger partial charge >= 0.3 is 0 Å². The summed E-state index contributed by atoms with van der Waals surface area (Å²) in [6.45, 7) is 6.41. The molecule has 0 aliphatic carbocycles. The molecule has 1 amide bonds. The van der Waals surface area contributed by atoms with E-state index in [1.807, 2.05) is 49.4 Å². The number of pyridine rings is 1.